The highest BCUT2D eigenvalue weighted by molar-refractivity contribution is 5.71. The third-order valence-corrected chi connectivity index (χ3v) is 5.79. The van der Waals surface area contributed by atoms with Crippen molar-refractivity contribution in [2.75, 3.05) is 10.2 Å². The first-order valence-corrected chi connectivity index (χ1v) is 11.3. The molecule has 36 heavy (non-hydrogen) atoms. The molecule has 4 aromatic rings. The van der Waals surface area contributed by atoms with Crippen molar-refractivity contribution in [2.24, 2.45) is 0 Å². The minimum Gasteiger partial charge on any atom is -0.324 e. The number of aromatic nitrogens is 2. The molecule has 1 heterocycles. The minimum absolute atomic E-state index is 0.204. The van der Waals surface area contributed by atoms with Crippen molar-refractivity contribution in [2.45, 2.75) is 26.3 Å². The zero-order valence-electron chi connectivity index (χ0n) is 19.7. The van der Waals surface area contributed by atoms with Gasteiger partial charge in [-0.3, -0.25) is 0 Å². The summed E-state index contributed by atoms with van der Waals surface area (Å²) in [5, 5.41) is 21.0. The van der Waals surface area contributed by atoms with Gasteiger partial charge < -0.3 is 10.2 Å². The Kier molecular flexibility index (Phi) is 7.17. The lowest BCUT2D eigenvalue weighted by molar-refractivity contribution is 0.563. The Morgan fingerprint density at radius 3 is 2.03 bits per heavy atom. The number of nitrogens with one attached hydrogen (secondary N) is 1. The van der Waals surface area contributed by atoms with Crippen LogP contribution in [0.1, 0.15) is 31.4 Å². The van der Waals surface area contributed by atoms with Crippen LogP contribution in [-0.2, 0) is 0 Å². The number of nitrogens with zero attached hydrogens (tertiary/aromatic N) is 5. The maximum absolute atomic E-state index is 15.5. The highest BCUT2D eigenvalue weighted by atomic mass is 19.1. The maximum Gasteiger partial charge on any atom is 0.229 e. The Labute approximate surface area is 208 Å². The summed E-state index contributed by atoms with van der Waals surface area (Å²) in [4.78, 5) is 10.3. The summed E-state index contributed by atoms with van der Waals surface area (Å²) in [7, 11) is 0. The van der Waals surface area contributed by atoms with Gasteiger partial charge in [0.25, 0.3) is 0 Å². The standard InChI is InChI=1S/C28H22F2N6/c1-3-18(2)36(26-12-13-33-28(35-26)34-23-10-6-20(17-32)7-11-23)27-24(29)14-22(15-25(27)30)21-8-4-19(16-31)5-9-21/h4-15,18H,3H2,1-2H3,(H,33,34,35). The number of anilines is 4. The molecule has 8 heteroatoms. The smallest absolute Gasteiger partial charge is 0.229 e. The van der Waals surface area contributed by atoms with E-state index >= 15 is 8.78 Å². The SMILES string of the molecule is CCC(C)N(c1ccnc(Nc2ccc(C#N)cc2)n1)c1c(F)cc(-c2ccc(C#N)cc2)cc1F. The summed E-state index contributed by atoms with van der Waals surface area (Å²) in [6.07, 6.45) is 2.13. The fourth-order valence-electron chi connectivity index (χ4n) is 3.74. The van der Waals surface area contributed by atoms with Gasteiger partial charge in [0.1, 0.15) is 11.5 Å². The molecule has 6 nitrogen and oxygen atoms in total. The lowest BCUT2D eigenvalue weighted by Gasteiger charge is -2.30. The fourth-order valence-corrected chi connectivity index (χ4v) is 3.74. The van der Waals surface area contributed by atoms with E-state index in [9.17, 15) is 0 Å². The lowest BCUT2D eigenvalue weighted by atomic mass is 10.0. The first-order chi connectivity index (χ1) is 17.4. The lowest BCUT2D eigenvalue weighted by Crippen LogP contribution is -2.30. The van der Waals surface area contributed by atoms with Crippen LogP contribution in [-0.4, -0.2) is 16.0 Å². The average molecular weight is 481 g/mol. The van der Waals surface area contributed by atoms with Crippen molar-refractivity contribution in [1.82, 2.24) is 9.97 Å². The van der Waals surface area contributed by atoms with Gasteiger partial charge in [-0.25, -0.2) is 13.8 Å². The molecule has 0 saturated heterocycles. The molecule has 4 rings (SSSR count). The van der Waals surface area contributed by atoms with Crippen LogP contribution in [0, 0.1) is 34.3 Å². The van der Waals surface area contributed by atoms with Gasteiger partial charge >= 0.3 is 0 Å². The molecule has 0 aliphatic heterocycles. The fraction of sp³-hybridized carbons (Fsp3) is 0.143. The zero-order valence-corrected chi connectivity index (χ0v) is 19.7. The number of nitriles is 2. The molecule has 0 bridgehead atoms. The average Bonchev–Trinajstić information content (AvgIpc) is 2.91. The molecule has 1 atom stereocenters. The predicted molar refractivity (Wildman–Crippen MR) is 135 cm³/mol. The van der Waals surface area contributed by atoms with Crippen LogP contribution in [0.15, 0.2) is 72.9 Å². The van der Waals surface area contributed by atoms with Crippen LogP contribution >= 0.6 is 0 Å². The molecule has 1 unspecified atom stereocenters. The molecule has 0 aliphatic rings. The minimum atomic E-state index is -0.727. The zero-order chi connectivity index (χ0) is 25.7. The second-order valence-electron chi connectivity index (χ2n) is 8.16. The largest absolute Gasteiger partial charge is 0.324 e. The van der Waals surface area contributed by atoms with E-state index < -0.39 is 11.6 Å². The van der Waals surface area contributed by atoms with Crippen LogP contribution in [0.2, 0.25) is 0 Å². The number of halogens is 2. The Hall–Kier alpha value is -4.82. The Bertz CT molecular complexity index is 1430. The summed E-state index contributed by atoms with van der Waals surface area (Å²) < 4.78 is 30.9. The molecule has 0 saturated carbocycles. The van der Waals surface area contributed by atoms with Gasteiger partial charge in [0.15, 0.2) is 11.6 Å². The number of benzene rings is 3. The molecular formula is C28H22F2N6. The summed E-state index contributed by atoms with van der Waals surface area (Å²) in [6, 6.07) is 21.3. The van der Waals surface area contributed by atoms with Crippen LogP contribution in [0.25, 0.3) is 11.1 Å². The predicted octanol–water partition coefficient (Wildman–Crippen LogP) is 6.85. The quantitative estimate of drug-likeness (QED) is 0.311. The summed E-state index contributed by atoms with van der Waals surface area (Å²) in [5.41, 5.74) is 2.43. The first-order valence-electron chi connectivity index (χ1n) is 11.3. The summed E-state index contributed by atoms with van der Waals surface area (Å²) in [6.45, 7) is 3.79. The van der Waals surface area contributed by atoms with Gasteiger partial charge in [0.2, 0.25) is 5.95 Å². The number of hydrogen-bond donors (Lipinski definition) is 1. The van der Waals surface area contributed by atoms with Gasteiger partial charge in [-0.2, -0.15) is 15.5 Å². The van der Waals surface area contributed by atoms with Gasteiger partial charge in [-0.05, 0) is 79.1 Å². The normalized spacial score (nSPS) is 11.3. The van der Waals surface area contributed by atoms with Crippen molar-refractivity contribution in [3.05, 3.63) is 95.7 Å². The molecular weight excluding hydrogens is 458 g/mol. The first kappa shape index (κ1) is 24.3. The molecule has 178 valence electrons. The van der Waals surface area contributed by atoms with Gasteiger partial charge in [-0.15, -0.1) is 0 Å². The molecule has 3 aromatic carbocycles. The Balaban J connectivity index is 1.71. The highest BCUT2D eigenvalue weighted by Gasteiger charge is 2.25. The second-order valence-corrected chi connectivity index (χ2v) is 8.16. The Morgan fingerprint density at radius 1 is 0.889 bits per heavy atom. The van der Waals surface area contributed by atoms with Crippen LogP contribution in [0.4, 0.5) is 31.9 Å². The monoisotopic (exact) mass is 480 g/mol. The van der Waals surface area contributed by atoms with E-state index in [-0.39, 0.29) is 17.7 Å². The van der Waals surface area contributed by atoms with Crippen molar-refractivity contribution in [1.29, 1.82) is 10.5 Å². The van der Waals surface area contributed by atoms with E-state index in [1.165, 1.54) is 23.2 Å². The molecule has 0 radical (unpaired) electrons. The van der Waals surface area contributed by atoms with E-state index in [0.29, 0.717) is 40.2 Å². The number of rotatable bonds is 7. The Morgan fingerprint density at radius 2 is 1.47 bits per heavy atom. The second kappa shape index (κ2) is 10.6. The van der Waals surface area contributed by atoms with Gasteiger partial charge in [-0.1, -0.05) is 19.1 Å². The maximum atomic E-state index is 15.5. The molecule has 0 spiro atoms. The molecule has 0 aliphatic carbocycles. The van der Waals surface area contributed by atoms with E-state index in [1.54, 1.807) is 54.6 Å². The van der Waals surface area contributed by atoms with E-state index in [0.717, 1.165) is 0 Å². The highest BCUT2D eigenvalue weighted by Crippen LogP contribution is 2.36. The molecule has 0 fully saturated rings. The number of hydrogen-bond acceptors (Lipinski definition) is 6. The third kappa shape index (κ3) is 5.13. The van der Waals surface area contributed by atoms with Gasteiger partial charge in [0.05, 0.1) is 23.3 Å². The molecule has 1 N–H and O–H groups in total. The van der Waals surface area contributed by atoms with Crippen LogP contribution in [0.3, 0.4) is 0 Å². The van der Waals surface area contributed by atoms with E-state index in [2.05, 4.69) is 21.4 Å². The van der Waals surface area contributed by atoms with Gasteiger partial charge in [0, 0.05) is 17.9 Å². The van der Waals surface area contributed by atoms with Crippen molar-refractivity contribution in [3.8, 4) is 23.3 Å². The molecule has 0 amide bonds. The van der Waals surface area contributed by atoms with Crippen molar-refractivity contribution in [3.63, 3.8) is 0 Å². The van der Waals surface area contributed by atoms with Crippen molar-refractivity contribution >= 4 is 23.1 Å². The van der Waals surface area contributed by atoms with Crippen molar-refractivity contribution < 1.29 is 8.78 Å². The van der Waals surface area contributed by atoms with E-state index in [4.69, 9.17) is 10.5 Å². The third-order valence-electron chi connectivity index (χ3n) is 5.79. The summed E-state index contributed by atoms with van der Waals surface area (Å²) >= 11 is 0. The topological polar surface area (TPSA) is 88.6 Å². The molecule has 1 aromatic heterocycles. The van der Waals surface area contributed by atoms with Crippen LogP contribution in [0.5, 0.6) is 0 Å². The van der Waals surface area contributed by atoms with Crippen LogP contribution < -0.4 is 10.2 Å². The summed E-state index contributed by atoms with van der Waals surface area (Å²) in [5.74, 6) is -0.871. The van der Waals surface area contributed by atoms with E-state index in [1.807, 2.05) is 19.9 Å².